The van der Waals surface area contributed by atoms with E-state index < -0.39 is 0 Å². The van der Waals surface area contributed by atoms with E-state index in [1.807, 2.05) is 18.7 Å². The van der Waals surface area contributed by atoms with Gasteiger partial charge in [0.05, 0.1) is 12.9 Å². The van der Waals surface area contributed by atoms with Crippen LogP contribution in [0.5, 0.6) is 0 Å². The molecule has 1 aromatic carbocycles. The molecule has 0 spiro atoms. The van der Waals surface area contributed by atoms with Crippen LogP contribution in [0.25, 0.3) is 0 Å². The van der Waals surface area contributed by atoms with Gasteiger partial charge in [0, 0.05) is 32.0 Å². The van der Waals surface area contributed by atoms with Crippen LogP contribution in [0.4, 0.5) is 0 Å². The zero-order valence-electron chi connectivity index (χ0n) is 15.7. The molecule has 0 unspecified atom stereocenters. The molecule has 0 saturated carbocycles. The summed E-state index contributed by atoms with van der Waals surface area (Å²) < 4.78 is 2.07. The van der Waals surface area contributed by atoms with Crippen molar-refractivity contribution in [3.8, 4) is 0 Å². The number of guanidine groups is 1. The van der Waals surface area contributed by atoms with Gasteiger partial charge >= 0.3 is 0 Å². The summed E-state index contributed by atoms with van der Waals surface area (Å²) in [5, 5.41) is 6.74. The lowest BCUT2D eigenvalue weighted by molar-refractivity contribution is 0.549. The number of hydrogen-bond acceptors (Lipinski definition) is 2. The van der Waals surface area contributed by atoms with Crippen molar-refractivity contribution in [2.75, 3.05) is 13.1 Å². The number of imidazole rings is 1. The molecular weight excluding hydrogens is 310 g/mol. The Kier molecular flexibility index (Phi) is 8.02. The molecule has 136 valence electrons. The fourth-order valence-corrected chi connectivity index (χ4v) is 2.65. The molecule has 25 heavy (non-hydrogen) atoms. The largest absolute Gasteiger partial charge is 0.357 e. The topological polar surface area (TPSA) is 54.2 Å². The fraction of sp³-hybridized carbons (Fsp3) is 0.500. The van der Waals surface area contributed by atoms with Gasteiger partial charge in [-0.2, -0.15) is 0 Å². The predicted octanol–water partition coefficient (Wildman–Crippen LogP) is 3.42. The first-order valence-corrected chi connectivity index (χ1v) is 9.23. The Morgan fingerprint density at radius 1 is 1.24 bits per heavy atom. The van der Waals surface area contributed by atoms with Crippen LogP contribution in [0.1, 0.15) is 44.7 Å². The molecule has 0 fully saturated rings. The van der Waals surface area contributed by atoms with Crippen LogP contribution in [-0.2, 0) is 13.1 Å². The normalized spacial score (nSPS) is 11.8. The minimum Gasteiger partial charge on any atom is -0.357 e. The average Bonchev–Trinajstić information content (AvgIpc) is 3.09. The molecule has 2 aromatic rings. The molecule has 2 N–H and O–H groups in total. The van der Waals surface area contributed by atoms with E-state index in [2.05, 4.69) is 65.2 Å². The van der Waals surface area contributed by atoms with E-state index in [1.165, 1.54) is 24.0 Å². The Bertz CT molecular complexity index is 631. The summed E-state index contributed by atoms with van der Waals surface area (Å²) in [6.07, 6.45) is 8.04. The van der Waals surface area contributed by atoms with Gasteiger partial charge in [0.1, 0.15) is 0 Å². The molecule has 0 aliphatic heterocycles. The van der Waals surface area contributed by atoms with Gasteiger partial charge < -0.3 is 15.2 Å². The van der Waals surface area contributed by atoms with Crippen LogP contribution in [0.3, 0.4) is 0 Å². The quantitative estimate of drug-likeness (QED) is 0.417. The summed E-state index contributed by atoms with van der Waals surface area (Å²) in [6, 6.07) is 8.58. The minimum atomic E-state index is 0.678. The maximum Gasteiger partial charge on any atom is 0.191 e. The van der Waals surface area contributed by atoms with Gasteiger partial charge in [-0.1, -0.05) is 38.1 Å². The van der Waals surface area contributed by atoms with Crippen LogP contribution >= 0.6 is 0 Å². The van der Waals surface area contributed by atoms with Crippen molar-refractivity contribution in [1.82, 2.24) is 20.2 Å². The number of rotatable bonds is 9. The summed E-state index contributed by atoms with van der Waals surface area (Å²) >= 11 is 0. The first-order chi connectivity index (χ1) is 12.2. The van der Waals surface area contributed by atoms with Gasteiger partial charge in [0.15, 0.2) is 5.96 Å². The van der Waals surface area contributed by atoms with Crippen LogP contribution in [-0.4, -0.2) is 28.6 Å². The van der Waals surface area contributed by atoms with Crippen LogP contribution in [0, 0.1) is 5.92 Å². The third kappa shape index (κ3) is 7.42. The fourth-order valence-electron chi connectivity index (χ4n) is 2.65. The van der Waals surface area contributed by atoms with Crippen molar-refractivity contribution < 1.29 is 0 Å². The zero-order valence-corrected chi connectivity index (χ0v) is 15.7. The maximum absolute atomic E-state index is 4.71. The van der Waals surface area contributed by atoms with Crippen molar-refractivity contribution in [2.24, 2.45) is 10.9 Å². The van der Waals surface area contributed by atoms with E-state index in [-0.39, 0.29) is 0 Å². The molecule has 0 radical (unpaired) electrons. The molecule has 0 bridgehead atoms. The van der Waals surface area contributed by atoms with E-state index >= 15 is 0 Å². The third-order valence-electron chi connectivity index (χ3n) is 3.93. The number of nitrogens with one attached hydrogen (secondary N) is 2. The van der Waals surface area contributed by atoms with Crippen LogP contribution < -0.4 is 10.6 Å². The van der Waals surface area contributed by atoms with Gasteiger partial charge in [-0.15, -0.1) is 0 Å². The van der Waals surface area contributed by atoms with E-state index in [0.29, 0.717) is 6.54 Å². The lowest BCUT2D eigenvalue weighted by Gasteiger charge is -2.12. The molecule has 5 nitrogen and oxygen atoms in total. The molecular formula is C20H31N5. The first kappa shape index (κ1) is 19.0. The van der Waals surface area contributed by atoms with Gasteiger partial charge in [-0.05, 0) is 36.8 Å². The Morgan fingerprint density at radius 2 is 2.08 bits per heavy atom. The molecule has 1 aromatic heterocycles. The molecule has 0 amide bonds. The Balaban J connectivity index is 1.90. The number of benzene rings is 1. The molecule has 5 heteroatoms. The SMILES string of the molecule is CCNC(=NCc1cccc(Cn2ccnc2)c1)NCCCC(C)C. The van der Waals surface area contributed by atoms with Crippen molar-refractivity contribution in [3.05, 3.63) is 54.1 Å². The smallest absolute Gasteiger partial charge is 0.191 e. The summed E-state index contributed by atoms with van der Waals surface area (Å²) in [6.45, 7) is 9.97. The Labute approximate surface area is 151 Å². The molecule has 1 heterocycles. The third-order valence-corrected chi connectivity index (χ3v) is 3.93. The van der Waals surface area contributed by atoms with Crippen LogP contribution in [0.15, 0.2) is 48.0 Å². The standard InChI is InChI=1S/C20H31N5/c1-4-22-20(23-10-6-7-17(2)3)24-14-18-8-5-9-19(13-18)15-25-12-11-21-16-25/h5,8-9,11-13,16-17H,4,6-7,10,14-15H2,1-3H3,(H2,22,23,24). The highest BCUT2D eigenvalue weighted by Crippen LogP contribution is 2.08. The average molecular weight is 342 g/mol. The van der Waals surface area contributed by atoms with E-state index in [1.54, 1.807) is 0 Å². The highest BCUT2D eigenvalue weighted by atomic mass is 15.2. The zero-order chi connectivity index (χ0) is 17.9. The van der Waals surface area contributed by atoms with Crippen LogP contribution in [0.2, 0.25) is 0 Å². The Hall–Kier alpha value is -2.30. The summed E-state index contributed by atoms with van der Waals surface area (Å²) in [7, 11) is 0. The Morgan fingerprint density at radius 3 is 2.80 bits per heavy atom. The molecule has 0 aliphatic rings. The van der Waals surface area contributed by atoms with Crippen molar-refractivity contribution in [1.29, 1.82) is 0 Å². The van der Waals surface area contributed by atoms with Gasteiger partial charge in [-0.25, -0.2) is 9.98 Å². The van der Waals surface area contributed by atoms with E-state index in [9.17, 15) is 0 Å². The monoisotopic (exact) mass is 341 g/mol. The van der Waals surface area contributed by atoms with Gasteiger partial charge in [-0.3, -0.25) is 0 Å². The van der Waals surface area contributed by atoms with E-state index in [4.69, 9.17) is 4.99 Å². The highest BCUT2D eigenvalue weighted by Gasteiger charge is 2.00. The number of hydrogen-bond donors (Lipinski definition) is 2. The second-order valence-electron chi connectivity index (χ2n) is 6.71. The lowest BCUT2D eigenvalue weighted by atomic mass is 10.1. The number of nitrogens with zero attached hydrogens (tertiary/aromatic N) is 3. The van der Waals surface area contributed by atoms with Gasteiger partial charge in [0.2, 0.25) is 0 Å². The van der Waals surface area contributed by atoms with Crippen molar-refractivity contribution in [2.45, 2.75) is 46.7 Å². The highest BCUT2D eigenvalue weighted by molar-refractivity contribution is 5.79. The number of aromatic nitrogens is 2. The molecule has 2 rings (SSSR count). The maximum atomic E-state index is 4.71. The second kappa shape index (κ2) is 10.5. The summed E-state index contributed by atoms with van der Waals surface area (Å²) in [5.41, 5.74) is 2.48. The predicted molar refractivity (Wildman–Crippen MR) is 105 cm³/mol. The number of aliphatic imine (C=N–C) groups is 1. The summed E-state index contributed by atoms with van der Waals surface area (Å²) in [5.74, 6) is 1.64. The minimum absolute atomic E-state index is 0.678. The second-order valence-corrected chi connectivity index (χ2v) is 6.71. The molecule has 0 atom stereocenters. The summed E-state index contributed by atoms with van der Waals surface area (Å²) in [4.78, 5) is 8.81. The van der Waals surface area contributed by atoms with E-state index in [0.717, 1.165) is 31.5 Å². The van der Waals surface area contributed by atoms with Gasteiger partial charge in [0.25, 0.3) is 0 Å². The van der Waals surface area contributed by atoms with Crippen molar-refractivity contribution in [3.63, 3.8) is 0 Å². The molecule has 0 aliphatic carbocycles. The van der Waals surface area contributed by atoms with Crippen molar-refractivity contribution >= 4 is 5.96 Å². The lowest BCUT2D eigenvalue weighted by Crippen LogP contribution is -2.37. The molecule has 0 saturated heterocycles. The first-order valence-electron chi connectivity index (χ1n) is 9.23.